The van der Waals surface area contributed by atoms with Crippen LogP contribution in [0.5, 0.6) is 0 Å². The van der Waals surface area contributed by atoms with Gasteiger partial charge in [0.05, 0.1) is 26.4 Å². The van der Waals surface area contributed by atoms with E-state index in [1.165, 1.54) is 231 Å². The van der Waals surface area contributed by atoms with E-state index in [2.05, 4.69) is 48.5 Å². The molecule has 0 fully saturated rings. The molecule has 0 heterocycles. The van der Waals surface area contributed by atoms with Crippen molar-refractivity contribution in [2.75, 3.05) is 39.6 Å². The molecule has 4 unspecified atom stereocenters. The molecule has 0 radical (unpaired) electrons. The summed E-state index contributed by atoms with van der Waals surface area (Å²) in [5.74, 6) is 0.296. The van der Waals surface area contributed by atoms with E-state index in [1.54, 1.807) is 0 Å². The van der Waals surface area contributed by atoms with Gasteiger partial charge in [-0.25, -0.2) is 9.13 Å². The molecule has 3 N–H and O–H groups in total. The van der Waals surface area contributed by atoms with Crippen LogP contribution in [0.15, 0.2) is 0 Å². The maximum absolute atomic E-state index is 13.1. The molecule has 19 heteroatoms. The van der Waals surface area contributed by atoms with E-state index in [-0.39, 0.29) is 25.7 Å². The first-order chi connectivity index (χ1) is 48.3. The third-order valence-corrected chi connectivity index (χ3v) is 21.5. The van der Waals surface area contributed by atoms with Crippen LogP contribution < -0.4 is 0 Å². The average molecular weight is 1470 g/mol. The van der Waals surface area contributed by atoms with Gasteiger partial charge in [-0.1, -0.05) is 370 Å². The molecule has 0 aromatic heterocycles. The lowest BCUT2D eigenvalue weighted by atomic mass is 9.99. The summed E-state index contributed by atoms with van der Waals surface area (Å²) in [4.78, 5) is 73.1. The van der Waals surface area contributed by atoms with Crippen LogP contribution >= 0.6 is 15.6 Å². The van der Waals surface area contributed by atoms with Crippen LogP contribution in [-0.2, 0) is 65.4 Å². The van der Waals surface area contributed by atoms with Crippen LogP contribution in [0.1, 0.15) is 421 Å². The van der Waals surface area contributed by atoms with Gasteiger partial charge in [0.25, 0.3) is 0 Å². The molecule has 0 aliphatic rings. The van der Waals surface area contributed by atoms with E-state index < -0.39 is 97.5 Å². The maximum Gasteiger partial charge on any atom is 0.472 e. The predicted octanol–water partition coefficient (Wildman–Crippen LogP) is 24.1. The second-order valence-corrected chi connectivity index (χ2v) is 33.0. The number of unbranched alkanes of at least 4 members (excludes halogenated alkanes) is 45. The standard InChI is InChI=1S/C81H158O17P2/c1-8-11-12-13-14-15-16-17-18-22-29-34-43-50-57-64-81(86)98-77(69-92-79(84)63-56-49-42-37-36-40-47-54-61-74(7)10-3)71-96-100(89,90)94-67-75(82)66-93-99(87,88)95-70-76(68-91-78(83)62-55-48-41-33-28-25-24-26-31-38-45-52-59-72(4)5)97-80(85)65-58-51-44-35-30-23-20-19-21-27-32-39-46-53-60-73(6)9-2/h72-77,82H,8-71H2,1-7H3,(H,87,88)(H,89,90)/t73?,74?,75-,76-,77-/m1/s1. The lowest BCUT2D eigenvalue weighted by molar-refractivity contribution is -0.161. The summed E-state index contributed by atoms with van der Waals surface area (Å²) in [6, 6.07) is 0. The van der Waals surface area contributed by atoms with E-state index in [9.17, 15) is 43.2 Å². The largest absolute Gasteiger partial charge is 0.472 e. The number of carbonyl (C=O) groups is 4. The monoisotopic (exact) mass is 1470 g/mol. The Hall–Kier alpha value is -1.94. The minimum absolute atomic E-state index is 0.108. The summed E-state index contributed by atoms with van der Waals surface area (Å²) >= 11 is 0. The number of phosphoric ester groups is 2. The van der Waals surface area contributed by atoms with Crippen LogP contribution in [-0.4, -0.2) is 96.7 Å². The van der Waals surface area contributed by atoms with Gasteiger partial charge in [-0.3, -0.25) is 37.3 Å². The molecular formula is C81H158O17P2. The van der Waals surface area contributed by atoms with Gasteiger partial charge in [-0.05, 0) is 43.4 Å². The number of rotatable bonds is 79. The van der Waals surface area contributed by atoms with Crippen molar-refractivity contribution in [3.63, 3.8) is 0 Å². The van der Waals surface area contributed by atoms with Crippen molar-refractivity contribution >= 4 is 39.5 Å². The fourth-order valence-corrected chi connectivity index (χ4v) is 14.0. The lowest BCUT2D eigenvalue weighted by Gasteiger charge is -2.21. The second-order valence-electron chi connectivity index (χ2n) is 30.1. The van der Waals surface area contributed by atoms with Crippen molar-refractivity contribution in [2.24, 2.45) is 17.8 Å². The molecule has 0 aromatic carbocycles. The Morgan fingerprint density at radius 2 is 0.510 bits per heavy atom. The van der Waals surface area contributed by atoms with E-state index in [1.807, 2.05) is 0 Å². The summed E-state index contributed by atoms with van der Waals surface area (Å²) in [5, 5.41) is 10.6. The molecule has 594 valence electrons. The average Bonchev–Trinajstić information content (AvgIpc) is 1.02. The van der Waals surface area contributed by atoms with E-state index in [0.717, 1.165) is 108 Å². The van der Waals surface area contributed by atoms with Crippen molar-refractivity contribution < 1.29 is 80.2 Å². The van der Waals surface area contributed by atoms with Crippen molar-refractivity contribution in [3.05, 3.63) is 0 Å². The minimum atomic E-state index is -4.96. The minimum Gasteiger partial charge on any atom is -0.462 e. The topological polar surface area (TPSA) is 237 Å². The highest BCUT2D eigenvalue weighted by Gasteiger charge is 2.30. The van der Waals surface area contributed by atoms with Crippen molar-refractivity contribution in [1.82, 2.24) is 0 Å². The first-order valence-electron chi connectivity index (χ1n) is 41.9. The molecule has 0 saturated heterocycles. The Balaban J connectivity index is 5.27. The Morgan fingerprint density at radius 3 is 0.760 bits per heavy atom. The molecule has 7 atom stereocenters. The van der Waals surface area contributed by atoms with Crippen LogP contribution in [0.3, 0.4) is 0 Å². The highest BCUT2D eigenvalue weighted by atomic mass is 31.2. The van der Waals surface area contributed by atoms with Gasteiger partial charge in [0.15, 0.2) is 12.2 Å². The van der Waals surface area contributed by atoms with Gasteiger partial charge in [-0.2, -0.15) is 0 Å². The molecule has 0 aliphatic heterocycles. The van der Waals surface area contributed by atoms with Crippen LogP contribution in [0, 0.1) is 17.8 Å². The number of hydrogen-bond acceptors (Lipinski definition) is 15. The molecule has 0 amide bonds. The third-order valence-electron chi connectivity index (χ3n) is 19.6. The molecule has 0 aromatic rings. The molecule has 0 aliphatic carbocycles. The zero-order valence-electron chi connectivity index (χ0n) is 65.7. The van der Waals surface area contributed by atoms with Crippen molar-refractivity contribution in [1.29, 1.82) is 0 Å². The Labute approximate surface area is 613 Å². The predicted molar refractivity (Wildman–Crippen MR) is 409 cm³/mol. The van der Waals surface area contributed by atoms with E-state index in [0.29, 0.717) is 25.7 Å². The summed E-state index contributed by atoms with van der Waals surface area (Å²) < 4.78 is 68.8. The van der Waals surface area contributed by atoms with Gasteiger partial charge in [0.2, 0.25) is 0 Å². The summed E-state index contributed by atoms with van der Waals surface area (Å²) in [6.45, 7) is 12.0. The number of phosphoric acid groups is 2. The first-order valence-corrected chi connectivity index (χ1v) is 44.9. The Morgan fingerprint density at radius 1 is 0.290 bits per heavy atom. The fourth-order valence-electron chi connectivity index (χ4n) is 12.4. The normalized spacial score (nSPS) is 14.5. The molecule has 17 nitrogen and oxygen atoms in total. The number of aliphatic hydroxyl groups excluding tert-OH is 1. The van der Waals surface area contributed by atoms with E-state index >= 15 is 0 Å². The smallest absolute Gasteiger partial charge is 0.462 e. The van der Waals surface area contributed by atoms with Gasteiger partial charge in [0, 0.05) is 25.7 Å². The van der Waals surface area contributed by atoms with Crippen LogP contribution in [0.4, 0.5) is 0 Å². The Kier molecular flexibility index (Phi) is 69.9. The van der Waals surface area contributed by atoms with E-state index in [4.69, 9.17) is 37.0 Å². The number of aliphatic hydroxyl groups is 1. The van der Waals surface area contributed by atoms with Gasteiger partial charge < -0.3 is 33.8 Å². The van der Waals surface area contributed by atoms with Gasteiger partial charge in [-0.15, -0.1) is 0 Å². The second kappa shape index (κ2) is 71.3. The van der Waals surface area contributed by atoms with Crippen LogP contribution in [0.25, 0.3) is 0 Å². The highest BCUT2D eigenvalue weighted by molar-refractivity contribution is 7.47. The molecule has 0 saturated carbocycles. The van der Waals surface area contributed by atoms with Gasteiger partial charge >= 0.3 is 39.5 Å². The summed E-state index contributed by atoms with van der Waals surface area (Å²) in [5.41, 5.74) is 0. The summed E-state index contributed by atoms with van der Waals surface area (Å²) in [6.07, 6.45) is 59.4. The quantitative estimate of drug-likeness (QED) is 0.0222. The zero-order valence-corrected chi connectivity index (χ0v) is 67.5. The van der Waals surface area contributed by atoms with Crippen LogP contribution in [0.2, 0.25) is 0 Å². The zero-order chi connectivity index (χ0) is 73.7. The first kappa shape index (κ1) is 98.1. The number of carbonyl (C=O) groups excluding carboxylic acids is 4. The molecular weight excluding hydrogens is 1310 g/mol. The molecule has 0 rings (SSSR count). The molecule has 0 spiro atoms. The number of ether oxygens (including phenoxy) is 4. The lowest BCUT2D eigenvalue weighted by Crippen LogP contribution is -2.30. The molecule has 0 bridgehead atoms. The maximum atomic E-state index is 13.1. The fraction of sp³-hybridized carbons (Fsp3) is 0.951. The van der Waals surface area contributed by atoms with Gasteiger partial charge in [0.1, 0.15) is 19.3 Å². The Bertz CT molecular complexity index is 1940. The highest BCUT2D eigenvalue weighted by Crippen LogP contribution is 2.45. The third kappa shape index (κ3) is 71.7. The van der Waals surface area contributed by atoms with Crippen molar-refractivity contribution in [2.45, 2.75) is 439 Å². The summed E-state index contributed by atoms with van der Waals surface area (Å²) in [7, 11) is -9.92. The number of esters is 4. The number of hydrogen-bond donors (Lipinski definition) is 3. The van der Waals surface area contributed by atoms with Crippen molar-refractivity contribution in [3.8, 4) is 0 Å². The molecule has 100 heavy (non-hydrogen) atoms. The SMILES string of the molecule is CCCCCCCCCCCCCCCCCC(=O)O[C@H](COC(=O)CCCCCCCCCCC(C)CC)COP(=O)(O)OC[C@H](O)COP(=O)(O)OC[C@@H](COC(=O)CCCCCCCCCCCCCCC(C)C)OC(=O)CCCCCCCCCCCCCCCCC(C)CC.